The van der Waals surface area contributed by atoms with Gasteiger partial charge in [-0.2, -0.15) is 0 Å². The minimum atomic E-state index is -1.15. The number of unbranched alkanes of at least 4 members (excludes halogenated alkanes) is 1. The van der Waals surface area contributed by atoms with Crippen molar-refractivity contribution in [2.45, 2.75) is 63.4 Å². The van der Waals surface area contributed by atoms with Crippen LogP contribution in [0.2, 0.25) is 0 Å². The van der Waals surface area contributed by atoms with Crippen LogP contribution in [-0.2, 0) is 22.6 Å². The van der Waals surface area contributed by atoms with E-state index in [1.54, 1.807) is 30.2 Å². The van der Waals surface area contributed by atoms with Crippen LogP contribution in [0.5, 0.6) is 17.2 Å². The number of ether oxygens (including phenoxy) is 3. The number of carbonyl (C=O) groups is 2. The minimum absolute atomic E-state index is 0.0451. The van der Waals surface area contributed by atoms with E-state index in [0.717, 1.165) is 12.0 Å². The molecule has 0 radical (unpaired) electrons. The summed E-state index contributed by atoms with van der Waals surface area (Å²) in [6, 6.07) is 10.2. The number of rotatable bonds is 13. The highest BCUT2D eigenvalue weighted by Gasteiger charge is 2.51. The van der Waals surface area contributed by atoms with Crippen molar-refractivity contribution in [3.63, 3.8) is 0 Å². The number of nitrogens with one attached hydrogen (secondary N) is 1. The van der Waals surface area contributed by atoms with E-state index >= 15 is 0 Å². The van der Waals surface area contributed by atoms with Gasteiger partial charge in [-0.05, 0) is 54.3 Å². The topological polar surface area (TPSA) is 138 Å². The maximum atomic E-state index is 13.6. The van der Waals surface area contributed by atoms with E-state index in [9.17, 15) is 24.9 Å². The smallest absolute Gasteiger partial charge is 0.247 e. The van der Waals surface area contributed by atoms with Gasteiger partial charge < -0.3 is 39.7 Å². The molecular formula is C31H40N2O8. The van der Waals surface area contributed by atoms with Gasteiger partial charge in [0.25, 0.3) is 0 Å². The van der Waals surface area contributed by atoms with Gasteiger partial charge in [0.2, 0.25) is 11.8 Å². The molecule has 2 amide bonds. The fourth-order valence-corrected chi connectivity index (χ4v) is 5.61. The van der Waals surface area contributed by atoms with Gasteiger partial charge in [-0.25, -0.2) is 0 Å². The predicted octanol–water partition coefficient (Wildman–Crippen LogP) is 2.08. The van der Waals surface area contributed by atoms with Crippen LogP contribution in [0.3, 0.4) is 0 Å². The van der Waals surface area contributed by atoms with Crippen molar-refractivity contribution in [2.75, 3.05) is 33.9 Å². The highest BCUT2D eigenvalue weighted by molar-refractivity contribution is 5.96. The van der Waals surface area contributed by atoms with Gasteiger partial charge in [-0.3, -0.25) is 9.59 Å². The molecule has 2 aromatic carbocycles. The lowest BCUT2D eigenvalue weighted by atomic mass is 9.77. The number of aliphatic hydroxyl groups excluding tert-OH is 3. The normalized spacial score (nSPS) is 20.8. The maximum absolute atomic E-state index is 13.6. The van der Waals surface area contributed by atoms with Crippen LogP contribution in [-0.4, -0.2) is 84.2 Å². The monoisotopic (exact) mass is 568 g/mol. The summed E-state index contributed by atoms with van der Waals surface area (Å²) < 4.78 is 17.1. The average molecular weight is 569 g/mol. The summed E-state index contributed by atoms with van der Waals surface area (Å²) in [7, 11) is 3.08. The van der Waals surface area contributed by atoms with Gasteiger partial charge in [-0.1, -0.05) is 25.5 Å². The van der Waals surface area contributed by atoms with Crippen molar-refractivity contribution in [1.82, 2.24) is 10.2 Å². The Morgan fingerprint density at radius 2 is 1.90 bits per heavy atom. The molecule has 0 saturated heterocycles. The van der Waals surface area contributed by atoms with E-state index in [0.29, 0.717) is 59.8 Å². The Balaban J connectivity index is 1.75. The zero-order valence-corrected chi connectivity index (χ0v) is 23.8. The van der Waals surface area contributed by atoms with Crippen LogP contribution in [0.25, 0.3) is 0 Å². The van der Waals surface area contributed by atoms with E-state index < -0.39 is 30.1 Å². The highest BCUT2D eigenvalue weighted by Crippen LogP contribution is 2.51. The molecule has 0 bridgehead atoms. The number of aliphatic hydroxyl groups is 3. The summed E-state index contributed by atoms with van der Waals surface area (Å²) in [6.45, 7) is 1.88. The fourth-order valence-electron chi connectivity index (χ4n) is 5.61. The molecule has 222 valence electrons. The standard InChI is InChI=1S/C31H40N2O8/c1-4-5-9-26(36)33(12-10-19-7-6-8-21(14-19)39-2)24-17-23(31(38)32-11-13-34)27-22-15-20(18-35)16-25(40-3)29(22)41-30(27)28(24)37/h6-8,14-17,24,27-28,30,34-35,37H,4-5,9-13,18H2,1-3H3,(H,32,38)/t24-,27+,28+,30+/m1/s1. The Hall–Kier alpha value is -3.60. The van der Waals surface area contributed by atoms with E-state index in [1.807, 2.05) is 31.2 Å². The van der Waals surface area contributed by atoms with Crippen molar-refractivity contribution >= 4 is 11.8 Å². The predicted molar refractivity (Wildman–Crippen MR) is 152 cm³/mol. The van der Waals surface area contributed by atoms with E-state index in [-0.39, 0.29) is 25.7 Å². The summed E-state index contributed by atoms with van der Waals surface area (Å²) in [5.74, 6) is 0.266. The lowest BCUT2D eigenvalue weighted by Crippen LogP contribution is -2.56. The fraction of sp³-hybridized carbons (Fsp3) is 0.484. The number of amides is 2. The molecular weight excluding hydrogens is 528 g/mol. The Labute approximate surface area is 240 Å². The van der Waals surface area contributed by atoms with Crippen LogP contribution < -0.4 is 19.5 Å². The van der Waals surface area contributed by atoms with Crippen LogP contribution in [0.4, 0.5) is 0 Å². The van der Waals surface area contributed by atoms with Crippen molar-refractivity contribution in [3.8, 4) is 17.2 Å². The second-order valence-electron chi connectivity index (χ2n) is 10.3. The number of carbonyl (C=O) groups excluding carboxylic acids is 2. The van der Waals surface area contributed by atoms with E-state index in [2.05, 4.69) is 5.32 Å². The first-order valence-electron chi connectivity index (χ1n) is 14.1. The Bertz CT molecular complexity index is 1260. The number of methoxy groups -OCH3 is 2. The lowest BCUT2D eigenvalue weighted by molar-refractivity contribution is -0.137. The van der Waals surface area contributed by atoms with Crippen LogP contribution >= 0.6 is 0 Å². The molecule has 41 heavy (non-hydrogen) atoms. The van der Waals surface area contributed by atoms with Gasteiger partial charge in [0.15, 0.2) is 11.5 Å². The SMILES string of the molecule is CCCCC(=O)N(CCc1cccc(OC)c1)[C@@H]1C=C(C(=O)NCCO)[C@@H]2c3cc(CO)cc(OC)c3O[C@@H]2[C@H]1O. The number of benzene rings is 2. The van der Waals surface area contributed by atoms with Gasteiger partial charge in [0.1, 0.15) is 18.0 Å². The summed E-state index contributed by atoms with van der Waals surface area (Å²) in [4.78, 5) is 28.7. The van der Waals surface area contributed by atoms with Gasteiger partial charge >= 0.3 is 0 Å². The molecule has 4 atom stereocenters. The summed E-state index contributed by atoms with van der Waals surface area (Å²) in [6.07, 6.45) is 1.98. The molecule has 10 heteroatoms. The average Bonchev–Trinajstić information content (AvgIpc) is 3.39. The lowest BCUT2D eigenvalue weighted by Gasteiger charge is -2.41. The molecule has 2 aliphatic rings. The van der Waals surface area contributed by atoms with Crippen molar-refractivity contribution in [3.05, 3.63) is 64.7 Å². The first-order valence-corrected chi connectivity index (χ1v) is 14.1. The summed E-state index contributed by atoms with van der Waals surface area (Å²) >= 11 is 0. The number of nitrogens with zero attached hydrogens (tertiary/aromatic N) is 1. The maximum Gasteiger partial charge on any atom is 0.247 e. The molecule has 0 unspecified atom stereocenters. The second-order valence-corrected chi connectivity index (χ2v) is 10.3. The highest BCUT2D eigenvalue weighted by atomic mass is 16.5. The van der Waals surface area contributed by atoms with Crippen molar-refractivity contribution < 1.29 is 39.1 Å². The van der Waals surface area contributed by atoms with Gasteiger partial charge in [0.05, 0.1) is 39.4 Å². The van der Waals surface area contributed by atoms with Crippen molar-refractivity contribution in [2.24, 2.45) is 0 Å². The molecule has 1 heterocycles. The number of hydrogen-bond donors (Lipinski definition) is 4. The van der Waals surface area contributed by atoms with Crippen LogP contribution in [0.1, 0.15) is 48.8 Å². The van der Waals surface area contributed by atoms with Gasteiger partial charge in [-0.15, -0.1) is 0 Å². The van der Waals surface area contributed by atoms with Crippen LogP contribution in [0, 0.1) is 0 Å². The molecule has 2 aromatic rings. The molecule has 0 saturated carbocycles. The first-order chi connectivity index (χ1) is 19.9. The molecule has 1 aliphatic heterocycles. The molecule has 0 fully saturated rings. The third-order valence-electron chi connectivity index (χ3n) is 7.69. The zero-order chi connectivity index (χ0) is 29.5. The summed E-state index contributed by atoms with van der Waals surface area (Å²) in [5.41, 5.74) is 2.48. The molecule has 4 N–H and O–H groups in total. The molecule has 0 spiro atoms. The Morgan fingerprint density at radius 3 is 2.59 bits per heavy atom. The molecule has 10 nitrogen and oxygen atoms in total. The first kappa shape index (κ1) is 30.4. The molecule has 1 aliphatic carbocycles. The molecule has 4 rings (SSSR count). The second kappa shape index (κ2) is 13.8. The third kappa shape index (κ3) is 6.50. The van der Waals surface area contributed by atoms with Crippen LogP contribution in [0.15, 0.2) is 48.0 Å². The Kier molecular flexibility index (Phi) is 10.3. The third-order valence-corrected chi connectivity index (χ3v) is 7.69. The van der Waals surface area contributed by atoms with Gasteiger partial charge in [0, 0.05) is 30.6 Å². The number of hydrogen-bond acceptors (Lipinski definition) is 8. The van der Waals surface area contributed by atoms with Crippen molar-refractivity contribution in [1.29, 1.82) is 0 Å². The molecule has 0 aromatic heterocycles. The Morgan fingerprint density at radius 1 is 1.10 bits per heavy atom. The van der Waals surface area contributed by atoms with E-state index in [4.69, 9.17) is 14.2 Å². The summed E-state index contributed by atoms with van der Waals surface area (Å²) in [5, 5.41) is 33.7. The largest absolute Gasteiger partial charge is 0.497 e. The minimum Gasteiger partial charge on any atom is -0.497 e. The number of fused-ring (bicyclic) bond motifs is 3. The quantitative estimate of drug-likeness (QED) is 0.288. The van der Waals surface area contributed by atoms with E-state index in [1.165, 1.54) is 7.11 Å². The zero-order valence-electron chi connectivity index (χ0n) is 23.8.